The van der Waals surface area contributed by atoms with E-state index in [2.05, 4.69) is 52.0 Å². The van der Waals surface area contributed by atoms with Crippen LogP contribution in [0.4, 0.5) is 0 Å². The zero-order valence-corrected chi connectivity index (χ0v) is 14.3. The number of hydrogen-bond acceptors (Lipinski definition) is 1. The highest BCUT2D eigenvalue weighted by Gasteiger charge is 2.23. The second-order valence-corrected chi connectivity index (χ2v) is 8.43. The fraction of sp³-hybridized carbons (Fsp3) is 0.474. The average molecular weight is 302 g/mol. The SMILES string of the molecule is CC(C)CC1C=C([S+]([O-])C2=CC=CC(C)(C)C=C2)C=CC1. The third-order valence-corrected chi connectivity index (χ3v) is 5.19. The van der Waals surface area contributed by atoms with Crippen LogP contribution in [0.1, 0.15) is 40.5 Å². The zero-order valence-electron chi connectivity index (χ0n) is 13.5. The van der Waals surface area contributed by atoms with Gasteiger partial charge in [0.15, 0.2) is 9.81 Å². The van der Waals surface area contributed by atoms with Gasteiger partial charge in [-0.05, 0) is 49.0 Å². The van der Waals surface area contributed by atoms with Gasteiger partial charge in [-0.15, -0.1) is 0 Å². The van der Waals surface area contributed by atoms with Crippen molar-refractivity contribution in [3.63, 3.8) is 0 Å². The fourth-order valence-corrected chi connectivity index (χ4v) is 3.87. The van der Waals surface area contributed by atoms with Gasteiger partial charge in [0, 0.05) is 16.6 Å². The summed E-state index contributed by atoms with van der Waals surface area (Å²) in [5, 5.41) is 0. The molecule has 2 heteroatoms. The Hall–Kier alpha value is -0.990. The molecule has 0 fully saturated rings. The van der Waals surface area contributed by atoms with Crippen molar-refractivity contribution >= 4 is 11.2 Å². The van der Waals surface area contributed by atoms with E-state index in [-0.39, 0.29) is 5.41 Å². The van der Waals surface area contributed by atoms with Crippen LogP contribution in [0.2, 0.25) is 0 Å². The number of rotatable bonds is 4. The lowest BCUT2D eigenvalue weighted by molar-refractivity contribution is 0.475. The summed E-state index contributed by atoms with van der Waals surface area (Å²) in [6.45, 7) is 8.79. The van der Waals surface area contributed by atoms with Crippen LogP contribution in [0.25, 0.3) is 0 Å². The van der Waals surface area contributed by atoms with Crippen molar-refractivity contribution < 1.29 is 4.55 Å². The van der Waals surface area contributed by atoms with Crippen LogP contribution >= 0.6 is 0 Å². The summed E-state index contributed by atoms with van der Waals surface area (Å²) in [6, 6.07) is 0. The summed E-state index contributed by atoms with van der Waals surface area (Å²) >= 11 is -1.08. The van der Waals surface area contributed by atoms with Crippen LogP contribution in [-0.4, -0.2) is 4.55 Å². The molecule has 2 atom stereocenters. The van der Waals surface area contributed by atoms with E-state index in [4.69, 9.17) is 0 Å². The topological polar surface area (TPSA) is 23.1 Å². The van der Waals surface area contributed by atoms with Crippen molar-refractivity contribution in [2.24, 2.45) is 17.3 Å². The first-order valence-corrected chi connectivity index (χ1v) is 8.91. The molecular formula is C19H26OS. The van der Waals surface area contributed by atoms with Gasteiger partial charge in [0.25, 0.3) is 0 Å². The fourth-order valence-electron chi connectivity index (χ4n) is 2.67. The Morgan fingerprint density at radius 2 is 2.00 bits per heavy atom. The van der Waals surface area contributed by atoms with E-state index in [9.17, 15) is 4.55 Å². The van der Waals surface area contributed by atoms with Crippen LogP contribution in [0.15, 0.2) is 58.4 Å². The Morgan fingerprint density at radius 1 is 1.24 bits per heavy atom. The predicted octanol–water partition coefficient (Wildman–Crippen LogP) is 5.28. The Bertz CT molecular complexity index is 518. The lowest BCUT2D eigenvalue weighted by Gasteiger charge is -2.20. The van der Waals surface area contributed by atoms with Gasteiger partial charge in [-0.25, -0.2) is 0 Å². The minimum absolute atomic E-state index is 0.0272. The molecule has 0 aliphatic heterocycles. The monoisotopic (exact) mass is 302 g/mol. The minimum atomic E-state index is -1.08. The van der Waals surface area contributed by atoms with Crippen LogP contribution in [0, 0.1) is 17.3 Å². The van der Waals surface area contributed by atoms with Gasteiger partial charge in [-0.3, -0.25) is 0 Å². The largest absolute Gasteiger partial charge is 0.606 e. The zero-order chi connectivity index (χ0) is 15.5. The van der Waals surface area contributed by atoms with E-state index in [1.165, 1.54) is 0 Å². The quantitative estimate of drug-likeness (QED) is 0.648. The minimum Gasteiger partial charge on any atom is -0.606 e. The first-order chi connectivity index (χ1) is 9.87. The molecule has 0 radical (unpaired) electrons. The van der Waals surface area contributed by atoms with Crippen molar-refractivity contribution in [1.29, 1.82) is 0 Å². The summed E-state index contributed by atoms with van der Waals surface area (Å²) < 4.78 is 12.8. The van der Waals surface area contributed by atoms with Crippen LogP contribution in [0.3, 0.4) is 0 Å². The summed E-state index contributed by atoms with van der Waals surface area (Å²) in [7, 11) is 0. The average Bonchev–Trinajstić information content (AvgIpc) is 2.58. The van der Waals surface area contributed by atoms with E-state index in [1.54, 1.807) is 0 Å². The molecular weight excluding hydrogens is 276 g/mol. The second kappa shape index (κ2) is 6.85. The molecule has 0 aromatic heterocycles. The molecule has 0 aromatic carbocycles. The molecule has 0 spiro atoms. The van der Waals surface area contributed by atoms with Crippen LogP contribution in [0.5, 0.6) is 0 Å². The van der Waals surface area contributed by atoms with Gasteiger partial charge < -0.3 is 4.55 Å². The lowest BCUT2D eigenvalue weighted by atomic mass is 9.91. The van der Waals surface area contributed by atoms with E-state index in [1.807, 2.05) is 24.3 Å². The molecule has 0 aromatic rings. The van der Waals surface area contributed by atoms with Crippen LogP contribution in [-0.2, 0) is 11.2 Å². The summed E-state index contributed by atoms with van der Waals surface area (Å²) in [5.74, 6) is 1.20. The highest BCUT2D eigenvalue weighted by Crippen LogP contribution is 2.31. The summed E-state index contributed by atoms with van der Waals surface area (Å²) in [6.07, 6.45) is 18.9. The summed E-state index contributed by atoms with van der Waals surface area (Å²) in [4.78, 5) is 1.84. The first-order valence-electron chi connectivity index (χ1n) is 7.76. The van der Waals surface area contributed by atoms with Crippen molar-refractivity contribution in [3.8, 4) is 0 Å². The highest BCUT2D eigenvalue weighted by molar-refractivity contribution is 7.99. The third-order valence-electron chi connectivity index (χ3n) is 3.79. The Morgan fingerprint density at radius 3 is 2.71 bits per heavy atom. The van der Waals surface area contributed by atoms with Crippen molar-refractivity contribution in [1.82, 2.24) is 0 Å². The number of hydrogen-bond donors (Lipinski definition) is 0. The molecule has 2 rings (SSSR count). The van der Waals surface area contributed by atoms with Crippen molar-refractivity contribution in [2.45, 2.75) is 40.5 Å². The van der Waals surface area contributed by atoms with E-state index in [0.717, 1.165) is 22.7 Å². The van der Waals surface area contributed by atoms with Crippen LogP contribution < -0.4 is 0 Å². The Kier molecular flexibility index (Phi) is 5.34. The molecule has 1 nitrogen and oxygen atoms in total. The summed E-state index contributed by atoms with van der Waals surface area (Å²) in [5.41, 5.74) is 0.0272. The van der Waals surface area contributed by atoms with E-state index in [0.29, 0.717) is 11.8 Å². The highest BCUT2D eigenvalue weighted by atomic mass is 32.2. The van der Waals surface area contributed by atoms with Gasteiger partial charge >= 0.3 is 0 Å². The van der Waals surface area contributed by atoms with Gasteiger partial charge in [-0.1, -0.05) is 52.0 Å². The number of allylic oxidation sites excluding steroid dienone is 8. The van der Waals surface area contributed by atoms with E-state index < -0.39 is 11.2 Å². The first kappa shape index (κ1) is 16.4. The van der Waals surface area contributed by atoms with Gasteiger partial charge in [0.05, 0.1) is 0 Å². The van der Waals surface area contributed by atoms with Gasteiger partial charge in [0.2, 0.25) is 0 Å². The normalized spacial score (nSPS) is 25.5. The molecule has 2 aliphatic carbocycles. The molecule has 0 saturated heterocycles. The molecule has 0 saturated carbocycles. The Balaban J connectivity index is 2.14. The molecule has 2 aliphatic rings. The molecule has 0 heterocycles. The van der Waals surface area contributed by atoms with Crippen molar-refractivity contribution in [3.05, 3.63) is 58.4 Å². The standard InChI is InChI=1S/C19H26OS/c1-15(2)13-16-7-5-8-18(14-16)21(20)17-9-6-11-19(3,4)12-10-17/h5-6,8-12,14-16H,7,13H2,1-4H3. The molecule has 114 valence electrons. The molecule has 0 N–H and O–H groups in total. The lowest BCUT2D eigenvalue weighted by Crippen LogP contribution is -2.11. The smallest absolute Gasteiger partial charge is 0.158 e. The van der Waals surface area contributed by atoms with Gasteiger partial charge in [-0.2, -0.15) is 0 Å². The second-order valence-electron chi connectivity index (χ2n) is 6.95. The maximum atomic E-state index is 12.8. The molecule has 21 heavy (non-hydrogen) atoms. The Labute approximate surface area is 132 Å². The maximum Gasteiger partial charge on any atom is 0.158 e. The van der Waals surface area contributed by atoms with Gasteiger partial charge in [0.1, 0.15) is 0 Å². The third kappa shape index (κ3) is 4.76. The van der Waals surface area contributed by atoms with E-state index >= 15 is 0 Å². The molecule has 0 amide bonds. The van der Waals surface area contributed by atoms with Crippen molar-refractivity contribution in [2.75, 3.05) is 0 Å². The molecule has 2 unspecified atom stereocenters. The maximum absolute atomic E-state index is 12.8. The molecule has 0 bridgehead atoms. The predicted molar refractivity (Wildman–Crippen MR) is 93.1 cm³/mol.